The Balaban J connectivity index is 1.38. The van der Waals surface area contributed by atoms with Gasteiger partial charge in [0.15, 0.2) is 11.5 Å². The highest BCUT2D eigenvalue weighted by molar-refractivity contribution is 5.88. The Morgan fingerprint density at radius 1 is 1.00 bits per heavy atom. The third kappa shape index (κ3) is 4.89. The van der Waals surface area contributed by atoms with Crippen molar-refractivity contribution in [1.29, 1.82) is 0 Å². The van der Waals surface area contributed by atoms with Crippen LogP contribution in [0.1, 0.15) is 18.9 Å². The first-order valence-electron chi connectivity index (χ1n) is 8.37. The van der Waals surface area contributed by atoms with Crippen LogP contribution in [0.4, 0.5) is 11.4 Å². The van der Waals surface area contributed by atoms with Gasteiger partial charge in [-0.2, -0.15) is 0 Å². The molecule has 1 aliphatic heterocycles. The number of ether oxygens (including phenoxy) is 2. The van der Waals surface area contributed by atoms with Crippen molar-refractivity contribution in [2.75, 3.05) is 24.0 Å². The third-order valence-electron chi connectivity index (χ3n) is 3.81. The molecule has 0 aromatic heterocycles. The van der Waals surface area contributed by atoms with Gasteiger partial charge >= 0.3 is 0 Å². The summed E-state index contributed by atoms with van der Waals surface area (Å²) in [5.74, 6) is 1.30. The highest BCUT2D eigenvalue weighted by atomic mass is 16.7. The maximum absolute atomic E-state index is 12.0. The number of fused-ring (bicyclic) bond motifs is 1. The van der Waals surface area contributed by atoms with E-state index in [1.807, 2.05) is 42.5 Å². The molecule has 0 spiro atoms. The highest BCUT2D eigenvalue weighted by Crippen LogP contribution is 2.32. The van der Waals surface area contributed by atoms with E-state index >= 15 is 0 Å². The second-order valence-electron chi connectivity index (χ2n) is 5.90. The van der Waals surface area contributed by atoms with Crippen LogP contribution in [0.15, 0.2) is 42.5 Å². The summed E-state index contributed by atoms with van der Waals surface area (Å²) < 4.78 is 10.6. The van der Waals surface area contributed by atoms with Gasteiger partial charge in [-0.3, -0.25) is 9.59 Å². The zero-order valence-corrected chi connectivity index (χ0v) is 14.5. The molecule has 136 valence electrons. The minimum atomic E-state index is -0.107. The Kier molecular flexibility index (Phi) is 5.58. The molecule has 2 amide bonds. The number of nitrogens with one attached hydrogen (secondary N) is 3. The second kappa shape index (κ2) is 8.24. The summed E-state index contributed by atoms with van der Waals surface area (Å²) in [5, 5.41) is 8.77. The van der Waals surface area contributed by atoms with E-state index in [-0.39, 0.29) is 18.6 Å². The Labute approximate surface area is 151 Å². The van der Waals surface area contributed by atoms with Crippen LogP contribution in [-0.2, 0) is 16.1 Å². The van der Waals surface area contributed by atoms with Crippen molar-refractivity contribution in [3.8, 4) is 11.5 Å². The number of carbonyl (C=O) groups excluding carboxylic acids is 2. The Hall–Kier alpha value is -3.22. The molecule has 7 heteroatoms. The molecule has 0 saturated heterocycles. The topological polar surface area (TPSA) is 88.7 Å². The molecule has 0 fully saturated rings. The van der Waals surface area contributed by atoms with E-state index in [2.05, 4.69) is 16.0 Å². The van der Waals surface area contributed by atoms with E-state index < -0.39 is 0 Å². The number of rotatable bonds is 7. The zero-order chi connectivity index (χ0) is 18.4. The van der Waals surface area contributed by atoms with Gasteiger partial charge in [0, 0.05) is 37.8 Å². The minimum Gasteiger partial charge on any atom is -0.454 e. The average Bonchev–Trinajstić information content (AvgIpc) is 3.09. The largest absolute Gasteiger partial charge is 0.454 e. The van der Waals surface area contributed by atoms with Crippen molar-refractivity contribution in [3.63, 3.8) is 0 Å². The molecule has 1 heterocycles. The average molecular weight is 355 g/mol. The number of hydrogen-bond donors (Lipinski definition) is 3. The Morgan fingerprint density at radius 3 is 2.50 bits per heavy atom. The van der Waals surface area contributed by atoms with Gasteiger partial charge in [-0.1, -0.05) is 6.07 Å². The van der Waals surface area contributed by atoms with Gasteiger partial charge in [0.1, 0.15) is 0 Å². The molecule has 1 aliphatic rings. The van der Waals surface area contributed by atoms with Crippen molar-refractivity contribution < 1.29 is 19.1 Å². The van der Waals surface area contributed by atoms with Crippen LogP contribution in [-0.4, -0.2) is 25.2 Å². The highest BCUT2D eigenvalue weighted by Gasteiger charge is 2.13. The Bertz CT molecular complexity index is 790. The smallest absolute Gasteiger partial charge is 0.231 e. The molecule has 0 aliphatic carbocycles. The zero-order valence-electron chi connectivity index (χ0n) is 14.5. The van der Waals surface area contributed by atoms with Crippen LogP contribution in [0.25, 0.3) is 0 Å². The van der Waals surface area contributed by atoms with Gasteiger partial charge in [-0.05, 0) is 42.0 Å². The van der Waals surface area contributed by atoms with E-state index in [0.717, 1.165) is 22.7 Å². The predicted octanol–water partition coefficient (Wildman–Crippen LogP) is 2.49. The van der Waals surface area contributed by atoms with E-state index in [0.29, 0.717) is 25.3 Å². The quantitative estimate of drug-likeness (QED) is 0.710. The van der Waals surface area contributed by atoms with Crippen LogP contribution >= 0.6 is 0 Å². The standard InChI is InChI=1S/C19H21N3O4/c1-13(23)22-16-5-3-15(4-6-16)20-9-8-19(24)21-11-14-2-7-17-18(10-14)26-12-25-17/h2-7,10,20H,8-9,11-12H2,1H3,(H,21,24)(H,22,23). The van der Waals surface area contributed by atoms with Gasteiger partial charge in [0.05, 0.1) is 0 Å². The SMILES string of the molecule is CC(=O)Nc1ccc(NCCC(=O)NCc2ccc3c(c2)OCO3)cc1. The molecule has 26 heavy (non-hydrogen) atoms. The number of anilines is 2. The van der Waals surface area contributed by atoms with E-state index in [1.165, 1.54) is 6.92 Å². The lowest BCUT2D eigenvalue weighted by Crippen LogP contribution is -2.24. The van der Waals surface area contributed by atoms with Crippen LogP contribution < -0.4 is 25.4 Å². The summed E-state index contributed by atoms with van der Waals surface area (Å²) in [7, 11) is 0. The van der Waals surface area contributed by atoms with Gasteiger partial charge in [0.25, 0.3) is 0 Å². The maximum atomic E-state index is 12.0. The fourth-order valence-corrected chi connectivity index (χ4v) is 2.53. The van der Waals surface area contributed by atoms with Crippen LogP contribution in [0.5, 0.6) is 11.5 Å². The monoisotopic (exact) mass is 355 g/mol. The molecule has 0 saturated carbocycles. The van der Waals surface area contributed by atoms with Gasteiger partial charge in [-0.15, -0.1) is 0 Å². The molecule has 3 N–H and O–H groups in total. The number of hydrogen-bond acceptors (Lipinski definition) is 5. The molecule has 0 radical (unpaired) electrons. The first-order chi connectivity index (χ1) is 12.6. The summed E-state index contributed by atoms with van der Waals surface area (Å²) in [5.41, 5.74) is 2.59. The van der Waals surface area contributed by atoms with Crippen molar-refractivity contribution in [2.45, 2.75) is 19.9 Å². The van der Waals surface area contributed by atoms with Crippen molar-refractivity contribution >= 4 is 23.2 Å². The van der Waals surface area contributed by atoms with Gasteiger partial charge in [0.2, 0.25) is 18.6 Å². The lowest BCUT2D eigenvalue weighted by molar-refractivity contribution is -0.121. The van der Waals surface area contributed by atoms with Crippen molar-refractivity contribution in [1.82, 2.24) is 5.32 Å². The molecule has 2 aromatic carbocycles. The fourth-order valence-electron chi connectivity index (χ4n) is 2.53. The molecular formula is C19H21N3O4. The first kappa shape index (κ1) is 17.6. The molecule has 0 unspecified atom stereocenters. The Morgan fingerprint density at radius 2 is 1.73 bits per heavy atom. The second-order valence-corrected chi connectivity index (χ2v) is 5.90. The van der Waals surface area contributed by atoms with Crippen molar-refractivity contribution in [2.24, 2.45) is 0 Å². The third-order valence-corrected chi connectivity index (χ3v) is 3.81. The molecule has 0 bridgehead atoms. The van der Waals surface area contributed by atoms with Gasteiger partial charge in [-0.25, -0.2) is 0 Å². The minimum absolute atomic E-state index is 0.0370. The number of carbonyl (C=O) groups is 2. The van der Waals surface area contributed by atoms with Crippen LogP contribution in [0.2, 0.25) is 0 Å². The summed E-state index contributed by atoms with van der Waals surface area (Å²) in [6.45, 7) is 2.67. The van der Waals surface area contributed by atoms with E-state index in [9.17, 15) is 9.59 Å². The van der Waals surface area contributed by atoms with Crippen LogP contribution in [0.3, 0.4) is 0 Å². The predicted molar refractivity (Wildman–Crippen MR) is 98.3 cm³/mol. The van der Waals surface area contributed by atoms with E-state index in [4.69, 9.17) is 9.47 Å². The lowest BCUT2D eigenvalue weighted by atomic mass is 10.2. The first-order valence-corrected chi connectivity index (χ1v) is 8.37. The summed E-state index contributed by atoms with van der Waals surface area (Å²) in [6.07, 6.45) is 0.359. The molecule has 3 rings (SSSR count). The molecular weight excluding hydrogens is 334 g/mol. The summed E-state index contributed by atoms with van der Waals surface area (Å²) in [6, 6.07) is 13.0. The summed E-state index contributed by atoms with van der Waals surface area (Å²) >= 11 is 0. The summed E-state index contributed by atoms with van der Waals surface area (Å²) in [4.78, 5) is 22.9. The molecule has 2 aromatic rings. The fraction of sp³-hybridized carbons (Fsp3) is 0.263. The maximum Gasteiger partial charge on any atom is 0.231 e. The van der Waals surface area contributed by atoms with Crippen molar-refractivity contribution in [3.05, 3.63) is 48.0 Å². The lowest BCUT2D eigenvalue weighted by Gasteiger charge is -2.09. The van der Waals surface area contributed by atoms with Gasteiger partial charge < -0.3 is 25.4 Å². The number of amides is 2. The molecule has 7 nitrogen and oxygen atoms in total. The van der Waals surface area contributed by atoms with Crippen LogP contribution in [0, 0.1) is 0 Å². The normalized spacial score (nSPS) is 11.7. The number of benzene rings is 2. The van der Waals surface area contributed by atoms with E-state index in [1.54, 1.807) is 0 Å². The molecule has 0 atom stereocenters.